The highest BCUT2D eigenvalue weighted by Crippen LogP contribution is 2.17. The van der Waals surface area contributed by atoms with E-state index in [0.29, 0.717) is 13.0 Å². The third kappa shape index (κ3) is 41.4. The van der Waals surface area contributed by atoms with E-state index in [1.54, 1.807) is 0 Å². The van der Waals surface area contributed by atoms with Crippen LogP contribution in [-0.2, 0) is 9.53 Å². The summed E-state index contributed by atoms with van der Waals surface area (Å²) in [5, 5.41) is 0. The molecule has 0 aliphatic rings. The Morgan fingerprint density at radius 2 is 0.771 bits per heavy atom. The first-order valence-electron chi connectivity index (χ1n) is 22.5. The Morgan fingerprint density at radius 3 is 1.17 bits per heavy atom. The summed E-state index contributed by atoms with van der Waals surface area (Å²) in [5.74, 6) is 0.961. The van der Waals surface area contributed by atoms with Gasteiger partial charge in [0.2, 0.25) is 0 Å². The lowest BCUT2D eigenvalue weighted by Crippen LogP contribution is -2.05. The van der Waals surface area contributed by atoms with Gasteiger partial charge in [-0.15, -0.1) is 0 Å². The van der Waals surface area contributed by atoms with E-state index in [1.807, 2.05) is 0 Å². The minimum atomic E-state index is 0.0265. The van der Waals surface area contributed by atoms with Crippen molar-refractivity contribution in [2.75, 3.05) is 6.61 Å². The highest BCUT2D eigenvalue weighted by atomic mass is 16.5. The average Bonchev–Trinajstić information content (AvgIpc) is 3.09. The monoisotopic (exact) mass is 675 g/mol. The zero-order valence-electron chi connectivity index (χ0n) is 33.6. The Hall–Kier alpha value is -0.790. The van der Waals surface area contributed by atoms with Crippen LogP contribution in [0.25, 0.3) is 0 Å². The van der Waals surface area contributed by atoms with Gasteiger partial charge >= 0.3 is 5.97 Å². The molecule has 48 heavy (non-hydrogen) atoms. The Kier molecular flexibility index (Phi) is 41.7. The molecule has 2 nitrogen and oxygen atoms in total. The maximum atomic E-state index is 12.0. The highest BCUT2D eigenvalue weighted by molar-refractivity contribution is 5.69. The van der Waals surface area contributed by atoms with Crippen LogP contribution < -0.4 is 0 Å². The van der Waals surface area contributed by atoms with Crippen molar-refractivity contribution < 1.29 is 9.53 Å². The van der Waals surface area contributed by atoms with Crippen molar-refractivity contribution in [1.29, 1.82) is 0 Å². The van der Waals surface area contributed by atoms with Crippen LogP contribution in [0.1, 0.15) is 265 Å². The first kappa shape index (κ1) is 47.2. The second-order valence-electron chi connectivity index (χ2n) is 15.6. The summed E-state index contributed by atoms with van der Waals surface area (Å²) in [5.41, 5.74) is 0. The molecule has 0 aromatic carbocycles. The van der Waals surface area contributed by atoms with Crippen molar-refractivity contribution in [1.82, 2.24) is 0 Å². The number of carbonyl (C=O) groups excluding carboxylic acids is 1. The van der Waals surface area contributed by atoms with E-state index in [9.17, 15) is 4.79 Å². The molecule has 0 fully saturated rings. The number of allylic oxidation sites excluding steroid dienone is 2. The molecule has 1 atom stereocenters. The van der Waals surface area contributed by atoms with Crippen LogP contribution in [0.3, 0.4) is 0 Å². The fraction of sp³-hybridized carbons (Fsp3) is 0.935. The molecule has 0 aliphatic heterocycles. The van der Waals surface area contributed by atoms with Gasteiger partial charge in [0.15, 0.2) is 0 Å². The predicted molar refractivity (Wildman–Crippen MR) is 216 cm³/mol. The van der Waals surface area contributed by atoms with Crippen molar-refractivity contribution in [3.63, 3.8) is 0 Å². The van der Waals surface area contributed by atoms with Crippen LogP contribution in [0, 0.1) is 5.92 Å². The van der Waals surface area contributed by atoms with E-state index < -0.39 is 0 Å². The molecular weight excluding hydrogens is 585 g/mol. The lowest BCUT2D eigenvalue weighted by Gasteiger charge is -2.07. The van der Waals surface area contributed by atoms with E-state index >= 15 is 0 Å². The molecule has 0 heterocycles. The fourth-order valence-corrected chi connectivity index (χ4v) is 6.93. The summed E-state index contributed by atoms with van der Waals surface area (Å²) in [6.07, 6.45) is 55.9. The molecule has 1 unspecified atom stereocenters. The molecule has 0 spiro atoms. The second kappa shape index (κ2) is 42.4. The topological polar surface area (TPSA) is 26.3 Å². The Morgan fingerprint density at radius 1 is 0.438 bits per heavy atom. The third-order valence-corrected chi connectivity index (χ3v) is 10.7. The molecule has 0 aromatic heterocycles. The minimum Gasteiger partial charge on any atom is -0.466 e. The summed E-state index contributed by atoms with van der Waals surface area (Å²) in [6, 6.07) is 0. The molecule has 0 N–H and O–H groups in total. The molecule has 0 aromatic rings. The van der Waals surface area contributed by atoms with Gasteiger partial charge in [-0.25, -0.2) is 0 Å². The maximum Gasteiger partial charge on any atom is 0.305 e. The van der Waals surface area contributed by atoms with Crippen molar-refractivity contribution in [3.8, 4) is 0 Å². The number of rotatable bonds is 41. The van der Waals surface area contributed by atoms with E-state index in [0.717, 1.165) is 18.8 Å². The van der Waals surface area contributed by atoms with E-state index in [-0.39, 0.29) is 5.97 Å². The number of esters is 1. The van der Waals surface area contributed by atoms with Gasteiger partial charge in [-0.3, -0.25) is 4.79 Å². The lowest BCUT2D eigenvalue weighted by atomic mass is 9.99. The van der Waals surface area contributed by atoms with Gasteiger partial charge < -0.3 is 4.74 Å². The third-order valence-electron chi connectivity index (χ3n) is 10.7. The minimum absolute atomic E-state index is 0.0265. The normalized spacial score (nSPS) is 12.3. The molecule has 0 saturated heterocycles. The highest BCUT2D eigenvalue weighted by Gasteiger charge is 2.03. The summed E-state index contributed by atoms with van der Waals surface area (Å²) in [6.45, 7) is 7.63. The van der Waals surface area contributed by atoms with Gasteiger partial charge in [-0.05, 0) is 44.4 Å². The van der Waals surface area contributed by atoms with E-state index in [1.165, 1.54) is 225 Å². The van der Waals surface area contributed by atoms with Crippen LogP contribution in [0.4, 0.5) is 0 Å². The van der Waals surface area contributed by atoms with Gasteiger partial charge in [0.1, 0.15) is 0 Å². The second-order valence-corrected chi connectivity index (χ2v) is 15.6. The zero-order chi connectivity index (χ0) is 34.9. The molecule has 0 radical (unpaired) electrons. The standard InChI is InChI=1S/C46H90O2/c1-4-6-7-8-9-10-11-12-13-18-22-25-28-31-34-37-40-43-46(47)48-44-41-38-35-32-29-26-23-20-17-15-14-16-19-21-24-27-30-33-36-39-42-45(3)5-2/h10-11,45H,4-9,12-44H2,1-3H3. The fourth-order valence-electron chi connectivity index (χ4n) is 6.93. The molecule has 0 rings (SSSR count). The SMILES string of the molecule is CCCCCCC=CCCCCCCCCCCCC(=O)OCCCCCCCCCCCCCCCCCCCCCCC(C)CC. The average molecular weight is 675 g/mol. The van der Waals surface area contributed by atoms with Gasteiger partial charge in [0, 0.05) is 6.42 Å². The number of ether oxygens (including phenoxy) is 1. The molecule has 0 amide bonds. The number of hydrogen-bond acceptors (Lipinski definition) is 2. The summed E-state index contributed by atoms with van der Waals surface area (Å²) >= 11 is 0. The Labute approximate surface area is 304 Å². The number of hydrogen-bond donors (Lipinski definition) is 0. The molecule has 0 saturated carbocycles. The quantitative estimate of drug-likeness (QED) is 0.0366. The van der Waals surface area contributed by atoms with Crippen molar-refractivity contribution >= 4 is 5.97 Å². The maximum absolute atomic E-state index is 12.0. The first-order valence-corrected chi connectivity index (χ1v) is 22.5. The van der Waals surface area contributed by atoms with Crippen LogP contribution in [0.2, 0.25) is 0 Å². The van der Waals surface area contributed by atoms with E-state index in [4.69, 9.17) is 4.74 Å². The first-order chi connectivity index (χ1) is 23.7. The largest absolute Gasteiger partial charge is 0.466 e. The van der Waals surface area contributed by atoms with Crippen LogP contribution in [0.15, 0.2) is 12.2 Å². The van der Waals surface area contributed by atoms with Crippen molar-refractivity contribution in [3.05, 3.63) is 12.2 Å². The smallest absolute Gasteiger partial charge is 0.305 e. The van der Waals surface area contributed by atoms with Gasteiger partial charge in [0.25, 0.3) is 0 Å². The molecule has 2 heteroatoms. The summed E-state index contributed by atoms with van der Waals surface area (Å²) in [7, 11) is 0. The van der Waals surface area contributed by atoms with Crippen LogP contribution in [-0.4, -0.2) is 12.6 Å². The number of carbonyl (C=O) groups is 1. The Bertz CT molecular complexity index is 626. The zero-order valence-corrected chi connectivity index (χ0v) is 33.6. The van der Waals surface area contributed by atoms with Gasteiger partial charge in [-0.2, -0.15) is 0 Å². The number of unbranched alkanes of at least 4 members (excludes halogenated alkanes) is 32. The molecule has 0 bridgehead atoms. The van der Waals surface area contributed by atoms with Crippen LogP contribution >= 0.6 is 0 Å². The Balaban J connectivity index is 3.17. The molecule has 286 valence electrons. The van der Waals surface area contributed by atoms with Gasteiger partial charge in [-0.1, -0.05) is 232 Å². The van der Waals surface area contributed by atoms with Gasteiger partial charge in [0.05, 0.1) is 6.61 Å². The summed E-state index contributed by atoms with van der Waals surface area (Å²) in [4.78, 5) is 12.0. The lowest BCUT2D eigenvalue weighted by molar-refractivity contribution is -0.143. The van der Waals surface area contributed by atoms with E-state index in [2.05, 4.69) is 32.9 Å². The molecule has 0 aliphatic carbocycles. The predicted octanol–water partition coefficient (Wildman–Crippen LogP) is 16.6. The van der Waals surface area contributed by atoms with Crippen molar-refractivity contribution in [2.45, 2.75) is 265 Å². The summed E-state index contributed by atoms with van der Waals surface area (Å²) < 4.78 is 5.48. The molecular formula is C46H90O2. The van der Waals surface area contributed by atoms with Crippen molar-refractivity contribution in [2.24, 2.45) is 5.92 Å². The van der Waals surface area contributed by atoms with Crippen LogP contribution in [0.5, 0.6) is 0 Å².